The largest absolute Gasteiger partial charge is 0.478 e. The molecule has 0 aliphatic carbocycles. The van der Waals surface area contributed by atoms with Crippen molar-refractivity contribution in [2.24, 2.45) is 5.14 Å². The molecule has 0 bridgehead atoms. The summed E-state index contributed by atoms with van der Waals surface area (Å²) in [6.45, 7) is 1.46. The first kappa shape index (κ1) is 19.1. The maximum atomic E-state index is 12.4. The Bertz CT molecular complexity index is 1010. The van der Waals surface area contributed by atoms with E-state index in [0.717, 1.165) is 6.07 Å². The van der Waals surface area contributed by atoms with Crippen LogP contribution < -0.4 is 9.86 Å². The molecule has 0 atom stereocenters. The van der Waals surface area contributed by atoms with E-state index in [0.29, 0.717) is 11.1 Å². The van der Waals surface area contributed by atoms with Crippen LogP contribution >= 0.6 is 0 Å². The van der Waals surface area contributed by atoms with Crippen LogP contribution in [0.1, 0.15) is 21.5 Å². The predicted octanol–water partition coefficient (Wildman–Crippen LogP) is 0.819. The molecule has 4 N–H and O–H groups in total. The lowest BCUT2D eigenvalue weighted by Gasteiger charge is -2.10. The number of nitrogens with two attached hydrogens (primary N) is 1. The quantitative estimate of drug-likeness (QED) is 0.672. The van der Waals surface area contributed by atoms with Crippen LogP contribution in [-0.2, 0) is 26.6 Å². The molecular weight excluding hydrogens is 368 g/mol. The zero-order chi connectivity index (χ0) is 18.8. The Morgan fingerprint density at radius 1 is 1.08 bits per heavy atom. The van der Waals surface area contributed by atoms with Gasteiger partial charge < -0.3 is 5.11 Å². The van der Waals surface area contributed by atoms with E-state index in [-0.39, 0.29) is 21.9 Å². The molecule has 0 amide bonds. The summed E-state index contributed by atoms with van der Waals surface area (Å²) in [5, 5.41) is 14.0. The lowest BCUT2D eigenvalue weighted by molar-refractivity contribution is 0.0696. The molecule has 0 aliphatic rings. The number of nitrogens with one attached hydrogen (secondary N) is 1. The average molecular weight is 384 g/mol. The fraction of sp³-hybridized carbons (Fsp3) is 0.133. The Hall–Kier alpha value is -2.27. The molecule has 0 unspecified atom stereocenters. The van der Waals surface area contributed by atoms with E-state index < -0.39 is 26.0 Å². The van der Waals surface area contributed by atoms with Gasteiger partial charge in [0.05, 0.1) is 15.4 Å². The van der Waals surface area contributed by atoms with Crippen molar-refractivity contribution in [3.8, 4) is 0 Å². The Morgan fingerprint density at radius 2 is 1.68 bits per heavy atom. The summed E-state index contributed by atoms with van der Waals surface area (Å²) in [5.74, 6) is -1.23. The first-order valence-corrected chi connectivity index (χ1v) is 9.99. The van der Waals surface area contributed by atoms with Gasteiger partial charge in [-0.05, 0) is 42.3 Å². The van der Waals surface area contributed by atoms with Crippen molar-refractivity contribution in [1.82, 2.24) is 4.72 Å². The van der Waals surface area contributed by atoms with Crippen molar-refractivity contribution in [3.63, 3.8) is 0 Å². The number of primary sulfonamides is 1. The second kappa shape index (κ2) is 6.92. The number of aromatic carboxylic acids is 1. The molecule has 0 saturated heterocycles. The van der Waals surface area contributed by atoms with E-state index in [2.05, 4.69) is 4.72 Å². The summed E-state index contributed by atoms with van der Waals surface area (Å²) in [4.78, 5) is 10.8. The lowest BCUT2D eigenvalue weighted by Crippen LogP contribution is -2.24. The highest BCUT2D eigenvalue weighted by Crippen LogP contribution is 2.18. The number of carboxylic acid groups (broad SMARTS) is 1. The van der Waals surface area contributed by atoms with Crippen molar-refractivity contribution in [2.45, 2.75) is 23.3 Å². The van der Waals surface area contributed by atoms with E-state index in [1.165, 1.54) is 36.4 Å². The van der Waals surface area contributed by atoms with Gasteiger partial charge in [0.25, 0.3) is 0 Å². The third kappa shape index (κ3) is 4.63. The molecule has 0 heterocycles. The molecule has 0 spiro atoms. The lowest BCUT2D eigenvalue weighted by atomic mass is 10.1. The van der Waals surface area contributed by atoms with E-state index >= 15 is 0 Å². The van der Waals surface area contributed by atoms with E-state index in [4.69, 9.17) is 10.2 Å². The van der Waals surface area contributed by atoms with Crippen molar-refractivity contribution < 1.29 is 26.7 Å². The first-order valence-electron chi connectivity index (χ1n) is 6.96. The summed E-state index contributed by atoms with van der Waals surface area (Å²) >= 11 is 0. The van der Waals surface area contributed by atoms with Crippen molar-refractivity contribution in [1.29, 1.82) is 0 Å². The smallest absolute Gasteiger partial charge is 0.335 e. The van der Waals surface area contributed by atoms with E-state index in [1.54, 1.807) is 6.92 Å². The minimum Gasteiger partial charge on any atom is -0.478 e. The average Bonchev–Trinajstić information content (AvgIpc) is 2.52. The SMILES string of the molecule is Cc1ccc(C(=O)O)cc1S(=O)(=O)NCc1ccc(S(N)(=O)=O)cc1. The summed E-state index contributed by atoms with van der Waals surface area (Å²) in [6.07, 6.45) is 0. The van der Waals surface area contributed by atoms with Crippen LogP contribution in [0, 0.1) is 6.92 Å². The number of carbonyl (C=O) groups is 1. The van der Waals surface area contributed by atoms with Gasteiger partial charge in [-0.2, -0.15) is 0 Å². The molecule has 10 heteroatoms. The maximum absolute atomic E-state index is 12.4. The molecule has 0 fully saturated rings. The number of rotatable bonds is 6. The molecule has 0 aliphatic heterocycles. The zero-order valence-electron chi connectivity index (χ0n) is 13.1. The Labute approximate surface area is 145 Å². The van der Waals surface area contributed by atoms with Gasteiger partial charge in [-0.3, -0.25) is 0 Å². The van der Waals surface area contributed by atoms with Crippen LogP contribution in [0.15, 0.2) is 52.3 Å². The topological polar surface area (TPSA) is 144 Å². The fourth-order valence-corrected chi connectivity index (χ4v) is 3.88. The van der Waals surface area contributed by atoms with Gasteiger partial charge >= 0.3 is 5.97 Å². The predicted molar refractivity (Wildman–Crippen MR) is 90.0 cm³/mol. The van der Waals surface area contributed by atoms with E-state index in [1.807, 2.05) is 0 Å². The number of aryl methyl sites for hydroxylation is 1. The van der Waals surface area contributed by atoms with Crippen LogP contribution in [0.3, 0.4) is 0 Å². The minimum atomic E-state index is -3.94. The van der Waals surface area contributed by atoms with Gasteiger partial charge in [0.2, 0.25) is 20.0 Å². The Morgan fingerprint density at radius 3 is 2.20 bits per heavy atom. The number of carboxylic acids is 1. The van der Waals surface area contributed by atoms with Crippen LogP contribution in [0.4, 0.5) is 0 Å². The highest BCUT2D eigenvalue weighted by Gasteiger charge is 2.19. The van der Waals surface area contributed by atoms with Gasteiger partial charge in [0.15, 0.2) is 0 Å². The Balaban J connectivity index is 2.22. The highest BCUT2D eigenvalue weighted by molar-refractivity contribution is 7.89. The van der Waals surface area contributed by atoms with E-state index in [9.17, 15) is 21.6 Å². The summed E-state index contributed by atoms with van der Waals surface area (Å²) < 4.78 is 49.5. The standard InChI is InChI=1S/C15H16N2O6S2/c1-10-2-5-12(15(18)19)8-14(10)25(22,23)17-9-11-3-6-13(7-4-11)24(16,20)21/h2-8,17H,9H2,1H3,(H,18,19)(H2,16,20,21). The van der Waals surface area contributed by atoms with Crippen molar-refractivity contribution in [3.05, 3.63) is 59.2 Å². The first-order chi connectivity index (χ1) is 11.5. The van der Waals surface area contributed by atoms with Gasteiger partial charge in [0, 0.05) is 6.54 Å². The third-order valence-corrected chi connectivity index (χ3v) is 5.92. The summed E-state index contributed by atoms with van der Waals surface area (Å²) in [7, 11) is -7.76. The molecular formula is C15H16N2O6S2. The van der Waals surface area contributed by atoms with Gasteiger partial charge in [0.1, 0.15) is 0 Å². The molecule has 2 aromatic carbocycles. The third-order valence-electron chi connectivity index (χ3n) is 3.44. The van der Waals surface area contributed by atoms with Gasteiger partial charge in [-0.25, -0.2) is 31.5 Å². The normalized spacial score (nSPS) is 12.1. The van der Waals surface area contributed by atoms with Gasteiger partial charge in [-0.15, -0.1) is 0 Å². The molecule has 2 aromatic rings. The number of hydrogen-bond donors (Lipinski definition) is 3. The number of sulfonamides is 2. The van der Waals surface area contributed by atoms with Crippen molar-refractivity contribution in [2.75, 3.05) is 0 Å². The number of benzene rings is 2. The molecule has 0 aromatic heterocycles. The summed E-state index contributed by atoms with van der Waals surface area (Å²) in [6, 6.07) is 9.24. The van der Waals surface area contributed by atoms with Crippen molar-refractivity contribution >= 4 is 26.0 Å². The van der Waals surface area contributed by atoms with Gasteiger partial charge in [-0.1, -0.05) is 18.2 Å². The fourth-order valence-electron chi connectivity index (χ4n) is 2.08. The molecule has 25 heavy (non-hydrogen) atoms. The molecule has 134 valence electrons. The van der Waals surface area contributed by atoms with Crippen LogP contribution in [0.25, 0.3) is 0 Å². The maximum Gasteiger partial charge on any atom is 0.335 e. The summed E-state index contributed by atoms with van der Waals surface area (Å²) in [5.41, 5.74) is 0.786. The van der Waals surface area contributed by atoms with Crippen LogP contribution in [0.2, 0.25) is 0 Å². The van der Waals surface area contributed by atoms with Crippen LogP contribution in [0.5, 0.6) is 0 Å². The minimum absolute atomic E-state index is 0.0795. The second-order valence-electron chi connectivity index (χ2n) is 5.30. The molecule has 2 rings (SSSR count). The highest BCUT2D eigenvalue weighted by atomic mass is 32.2. The monoisotopic (exact) mass is 384 g/mol. The number of hydrogen-bond acceptors (Lipinski definition) is 5. The second-order valence-corrected chi connectivity index (χ2v) is 8.60. The Kier molecular flexibility index (Phi) is 5.28. The molecule has 0 radical (unpaired) electrons. The molecule has 0 saturated carbocycles. The zero-order valence-corrected chi connectivity index (χ0v) is 14.8. The molecule has 8 nitrogen and oxygen atoms in total. The van der Waals surface area contributed by atoms with Crippen LogP contribution in [-0.4, -0.2) is 27.9 Å².